The zero-order chi connectivity index (χ0) is 12.3. The zero-order valence-corrected chi connectivity index (χ0v) is 9.70. The SMILES string of the molecule is NC1CCN([PH2]=O)C(=O)[C@@]1(N)NCC(=O)O. The lowest BCUT2D eigenvalue weighted by atomic mass is 9.94. The molecule has 16 heavy (non-hydrogen) atoms. The summed E-state index contributed by atoms with van der Waals surface area (Å²) in [5.74, 6) is -1.76. The molecule has 6 N–H and O–H groups in total. The highest BCUT2D eigenvalue weighted by molar-refractivity contribution is 7.21. The van der Waals surface area contributed by atoms with E-state index in [2.05, 4.69) is 5.32 Å². The van der Waals surface area contributed by atoms with E-state index < -0.39 is 38.7 Å². The van der Waals surface area contributed by atoms with Gasteiger partial charge in [-0.1, -0.05) is 0 Å². The average Bonchev–Trinajstić information content (AvgIpc) is 2.24. The normalized spacial score (nSPS) is 31.2. The van der Waals surface area contributed by atoms with Gasteiger partial charge in [0.1, 0.15) is 0 Å². The molecule has 0 spiro atoms. The Morgan fingerprint density at radius 3 is 2.88 bits per heavy atom. The first-order chi connectivity index (χ1) is 7.41. The number of carboxylic acid groups (broad SMARTS) is 1. The molecule has 0 aliphatic carbocycles. The van der Waals surface area contributed by atoms with Gasteiger partial charge < -0.3 is 21.1 Å². The fraction of sp³-hybridized carbons (Fsp3) is 0.714. The summed E-state index contributed by atoms with van der Waals surface area (Å²) in [7, 11) is -1.42. The molecule has 1 aliphatic rings. The minimum Gasteiger partial charge on any atom is -0.480 e. The van der Waals surface area contributed by atoms with Crippen molar-refractivity contribution in [2.75, 3.05) is 13.1 Å². The van der Waals surface area contributed by atoms with E-state index in [1.54, 1.807) is 0 Å². The summed E-state index contributed by atoms with van der Waals surface area (Å²) in [6, 6.07) is -0.693. The van der Waals surface area contributed by atoms with Crippen LogP contribution in [-0.4, -0.2) is 46.4 Å². The Kier molecular flexibility index (Phi) is 4.03. The Hall–Kier alpha value is -0.950. The third-order valence-electron chi connectivity index (χ3n) is 2.54. The Bertz CT molecular complexity index is 326. The van der Waals surface area contributed by atoms with E-state index in [0.29, 0.717) is 6.42 Å². The Balaban J connectivity index is 2.82. The molecule has 1 saturated heterocycles. The standard InChI is InChI=1S/C7H15N4O4P/c8-4-1-2-11(16-15)6(14)7(4,9)10-3-5(12)13/h4,10H,1-3,8-9,16H2,(H,12,13)/t4?,7-/m0/s1. The fourth-order valence-corrected chi connectivity index (χ4v) is 2.10. The second kappa shape index (κ2) is 4.92. The number of nitrogens with one attached hydrogen (secondary N) is 1. The maximum atomic E-state index is 11.8. The average molecular weight is 250 g/mol. The minimum atomic E-state index is -1.64. The second-order valence-corrected chi connectivity index (χ2v) is 4.45. The lowest BCUT2D eigenvalue weighted by molar-refractivity contribution is -0.139. The number of rotatable bonds is 4. The number of carboxylic acids is 1. The summed E-state index contributed by atoms with van der Waals surface area (Å²) in [4.78, 5) is 22.2. The van der Waals surface area contributed by atoms with Crippen LogP contribution in [0.5, 0.6) is 0 Å². The molecule has 3 atom stereocenters. The van der Waals surface area contributed by atoms with Crippen molar-refractivity contribution in [1.29, 1.82) is 0 Å². The highest BCUT2D eigenvalue weighted by Crippen LogP contribution is 2.22. The number of piperidine rings is 1. The highest BCUT2D eigenvalue weighted by Gasteiger charge is 2.46. The molecule has 0 radical (unpaired) electrons. The van der Waals surface area contributed by atoms with Gasteiger partial charge in [-0.05, 0) is 6.42 Å². The van der Waals surface area contributed by atoms with Crippen LogP contribution in [0.1, 0.15) is 6.42 Å². The van der Waals surface area contributed by atoms with Crippen molar-refractivity contribution in [3.8, 4) is 0 Å². The maximum absolute atomic E-state index is 11.8. The van der Waals surface area contributed by atoms with Crippen molar-refractivity contribution in [1.82, 2.24) is 9.99 Å². The maximum Gasteiger partial charge on any atom is 0.317 e. The fourth-order valence-electron chi connectivity index (χ4n) is 1.53. The van der Waals surface area contributed by atoms with E-state index in [4.69, 9.17) is 16.6 Å². The van der Waals surface area contributed by atoms with Crippen LogP contribution in [0.2, 0.25) is 0 Å². The Morgan fingerprint density at radius 2 is 2.38 bits per heavy atom. The van der Waals surface area contributed by atoms with Crippen molar-refractivity contribution < 1.29 is 19.3 Å². The van der Waals surface area contributed by atoms with E-state index in [0.717, 1.165) is 4.67 Å². The van der Waals surface area contributed by atoms with Gasteiger partial charge in [-0.2, -0.15) is 0 Å². The van der Waals surface area contributed by atoms with Crippen LogP contribution in [0, 0.1) is 0 Å². The number of carbonyl (C=O) groups is 2. The van der Waals surface area contributed by atoms with Gasteiger partial charge in [0.05, 0.1) is 6.54 Å². The summed E-state index contributed by atoms with van der Waals surface area (Å²) in [6.45, 7) is -0.190. The molecular weight excluding hydrogens is 235 g/mol. The van der Waals surface area contributed by atoms with Crippen LogP contribution in [0.3, 0.4) is 0 Å². The molecular formula is C7H15N4O4P. The first-order valence-corrected chi connectivity index (χ1v) is 5.68. The van der Waals surface area contributed by atoms with Crippen molar-refractivity contribution in [2.45, 2.75) is 18.1 Å². The third-order valence-corrected chi connectivity index (χ3v) is 3.29. The van der Waals surface area contributed by atoms with Gasteiger partial charge in [-0.3, -0.25) is 19.6 Å². The van der Waals surface area contributed by atoms with Gasteiger partial charge in [0.25, 0.3) is 5.91 Å². The van der Waals surface area contributed by atoms with Gasteiger partial charge in [0, 0.05) is 12.6 Å². The molecule has 92 valence electrons. The largest absolute Gasteiger partial charge is 0.480 e. The predicted octanol–water partition coefficient (Wildman–Crippen LogP) is -2.45. The molecule has 1 heterocycles. The molecule has 0 saturated carbocycles. The summed E-state index contributed by atoms with van der Waals surface area (Å²) in [6.07, 6.45) is 0.379. The van der Waals surface area contributed by atoms with Crippen molar-refractivity contribution in [2.24, 2.45) is 11.5 Å². The summed E-state index contributed by atoms with van der Waals surface area (Å²) < 4.78 is 11.9. The smallest absolute Gasteiger partial charge is 0.317 e. The molecule has 0 aromatic rings. The van der Waals surface area contributed by atoms with Crippen LogP contribution >= 0.6 is 8.61 Å². The summed E-state index contributed by atoms with van der Waals surface area (Å²) >= 11 is 0. The Morgan fingerprint density at radius 1 is 1.75 bits per heavy atom. The molecule has 1 rings (SSSR count). The van der Waals surface area contributed by atoms with E-state index in [-0.39, 0.29) is 6.54 Å². The van der Waals surface area contributed by atoms with Crippen LogP contribution in [0.25, 0.3) is 0 Å². The van der Waals surface area contributed by atoms with Crippen LogP contribution in [0.15, 0.2) is 0 Å². The first kappa shape index (κ1) is 13.1. The van der Waals surface area contributed by atoms with E-state index in [1.165, 1.54) is 0 Å². The number of hydrogen-bond acceptors (Lipinski definition) is 6. The van der Waals surface area contributed by atoms with Gasteiger partial charge in [0.15, 0.2) is 14.3 Å². The summed E-state index contributed by atoms with van der Waals surface area (Å²) in [5, 5.41) is 10.9. The number of carbonyl (C=O) groups excluding carboxylic acids is 1. The molecule has 0 aromatic heterocycles. The number of nitrogens with zero attached hydrogens (tertiary/aromatic N) is 1. The number of hydrogen-bond donors (Lipinski definition) is 4. The lowest BCUT2D eigenvalue weighted by Crippen LogP contribution is -2.75. The predicted molar refractivity (Wildman–Crippen MR) is 57.3 cm³/mol. The van der Waals surface area contributed by atoms with Crippen molar-refractivity contribution in [3.63, 3.8) is 0 Å². The number of nitrogens with two attached hydrogens (primary N) is 2. The zero-order valence-electron chi connectivity index (χ0n) is 8.55. The van der Waals surface area contributed by atoms with Crippen molar-refractivity contribution in [3.05, 3.63) is 0 Å². The van der Waals surface area contributed by atoms with E-state index >= 15 is 0 Å². The van der Waals surface area contributed by atoms with Crippen LogP contribution < -0.4 is 16.8 Å². The molecule has 1 fully saturated rings. The summed E-state index contributed by atoms with van der Waals surface area (Å²) in [5.41, 5.74) is 9.79. The van der Waals surface area contributed by atoms with Gasteiger partial charge in [0.2, 0.25) is 0 Å². The first-order valence-electron chi connectivity index (χ1n) is 4.69. The molecule has 9 heteroatoms. The van der Waals surface area contributed by atoms with Gasteiger partial charge in [-0.15, -0.1) is 0 Å². The lowest BCUT2D eigenvalue weighted by Gasteiger charge is -2.41. The topological polar surface area (TPSA) is 139 Å². The number of aliphatic carboxylic acids is 1. The van der Waals surface area contributed by atoms with Crippen molar-refractivity contribution >= 4 is 20.5 Å². The monoisotopic (exact) mass is 250 g/mol. The van der Waals surface area contributed by atoms with Gasteiger partial charge in [-0.25, -0.2) is 0 Å². The second-order valence-electron chi connectivity index (χ2n) is 3.62. The molecule has 1 aliphatic heterocycles. The van der Waals surface area contributed by atoms with Crippen LogP contribution in [-0.2, 0) is 14.2 Å². The molecule has 0 aromatic carbocycles. The Labute approximate surface area is 93.2 Å². The van der Waals surface area contributed by atoms with E-state index in [1.807, 2.05) is 0 Å². The highest BCUT2D eigenvalue weighted by atomic mass is 31.1. The molecule has 0 bridgehead atoms. The number of amides is 1. The molecule has 2 unspecified atom stereocenters. The molecule has 8 nitrogen and oxygen atoms in total. The minimum absolute atomic E-state index is 0.284. The quantitative estimate of drug-likeness (QED) is 0.320. The molecule has 1 amide bonds. The van der Waals surface area contributed by atoms with Crippen LogP contribution in [0.4, 0.5) is 0 Å². The third kappa shape index (κ3) is 2.41. The van der Waals surface area contributed by atoms with E-state index in [9.17, 15) is 14.2 Å². The van der Waals surface area contributed by atoms with Gasteiger partial charge >= 0.3 is 5.97 Å².